The molecule has 8 nitrogen and oxygen atoms in total. The zero-order chi connectivity index (χ0) is 28.5. The molecule has 1 aliphatic rings. The molecule has 0 unspecified atom stereocenters. The molecule has 2 aromatic heterocycles. The third kappa shape index (κ3) is 5.89. The van der Waals surface area contributed by atoms with Gasteiger partial charge in [-0.2, -0.15) is 31.6 Å². The molecule has 1 aliphatic heterocycles. The van der Waals surface area contributed by atoms with E-state index in [0.717, 1.165) is 0 Å². The summed E-state index contributed by atoms with van der Waals surface area (Å²) in [4.78, 5) is 21.4. The molecule has 0 amide bonds. The number of halogens is 7. The number of nitrogens with two attached hydrogens (primary N) is 1. The van der Waals surface area contributed by atoms with E-state index < -0.39 is 29.3 Å². The Morgan fingerprint density at radius 3 is 2.29 bits per heavy atom. The Morgan fingerprint density at radius 1 is 1.16 bits per heavy atom. The lowest BCUT2D eigenvalue weighted by molar-refractivity contribution is -0.192. The number of nitriles is 1. The van der Waals surface area contributed by atoms with Crippen molar-refractivity contribution < 1.29 is 36.2 Å². The van der Waals surface area contributed by atoms with E-state index in [0.29, 0.717) is 42.5 Å². The molecule has 0 atom stereocenters. The fraction of sp³-hybridized carbons (Fsp3) is 0.348. The highest BCUT2D eigenvalue weighted by molar-refractivity contribution is 6.34. The zero-order valence-corrected chi connectivity index (χ0v) is 20.3. The second-order valence-electron chi connectivity index (χ2n) is 8.40. The Labute approximate surface area is 216 Å². The van der Waals surface area contributed by atoms with Crippen molar-refractivity contribution >= 4 is 34.3 Å². The summed E-state index contributed by atoms with van der Waals surface area (Å²) in [6.45, 7) is 2.64. The van der Waals surface area contributed by atoms with Gasteiger partial charge in [-0.3, -0.25) is 0 Å². The third-order valence-electron chi connectivity index (χ3n) is 5.87. The lowest BCUT2D eigenvalue weighted by atomic mass is 9.76. The Bertz CT molecular complexity index is 1410. The van der Waals surface area contributed by atoms with Gasteiger partial charge in [-0.15, -0.1) is 0 Å². The Hall–Kier alpha value is -3.70. The smallest absolute Gasteiger partial charge is 0.475 e. The fourth-order valence-electron chi connectivity index (χ4n) is 4.15. The molecule has 4 rings (SSSR count). The number of aromatic nitrogens is 3. The van der Waals surface area contributed by atoms with Crippen LogP contribution in [-0.2, 0) is 16.4 Å². The number of fused-ring (bicyclic) bond motifs is 1. The standard InChI is InChI=1S/C21H18ClF3N6.C2HF3O2/c1-11-6-16(27)31-18(17(11)21(23,24)25)12-8-15-13(7-14(12)22)19(30-10-29-15)20(9-26)2-4-28-5-3-20;3-2(4,5)1(6)7/h6-8,10,28H,2-5H2,1H3,(H2,27,31);(H,6,7). The number of nitrogen functional groups attached to an aromatic ring is 1. The number of rotatable bonds is 2. The van der Waals surface area contributed by atoms with E-state index >= 15 is 0 Å². The molecule has 202 valence electrons. The number of alkyl halides is 6. The molecular weight excluding hydrogens is 542 g/mol. The van der Waals surface area contributed by atoms with Gasteiger partial charge >= 0.3 is 18.3 Å². The lowest BCUT2D eigenvalue weighted by Crippen LogP contribution is -2.39. The highest BCUT2D eigenvalue weighted by Crippen LogP contribution is 2.43. The monoisotopic (exact) mass is 560 g/mol. The van der Waals surface area contributed by atoms with E-state index in [1.165, 1.54) is 31.5 Å². The second-order valence-corrected chi connectivity index (χ2v) is 8.81. The van der Waals surface area contributed by atoms with Crippen LogP contribution < -0.4 is 11.1 Å². The van der Waals surface area contributed by atoms with Crippen molar-refractivity contribution in [1.29, 1.82) is 5.26 Å². The highest BCUT2D eigenvalue weighted by atomic mass is 35.5. The molecule has 1 fully saturated rings. The Balaban J connectivity index is 0.000000505. The van der Waals surface area contributed by atoms with Crippen LogP contribution in [-0.4, -0.2) is 45.3 Å². The molecule has 38 heavy (non-hydrogen) atoms. The molecule has 0 saturated carbocycles. The number of piperidine rings is 1. The summed E-state index contributed by atoms with van der Waals surface area (Å²) in [5.74, 6) is -2.80. The topological polar surface area (TPSA) is 138 Å². The number of aryl methyl sites for hydroxylation is 1. The zero-order valence-electron chi connectivity index (χ0n) is 19.5. The molecule has 1 saturated heterocycles. The van der Waals surface area contributed by atoms with Crippen molar-refractivity contribution in [3.63, 3.8) is 0 Å². The first-order chi connectivity index (χ1) is 17.6. The number of carboxylic acid groups (broad SMARTS) is 1. The predicted octanol–water partition coefficient (Wildman–Crippen LogP) is 5.03. The quantitative estimate of drug-likeness (QED) is 0.371. The molecule has 3 aromatic rings. The summed E-state index contributed by atoms with van der Waals surface area (Å²) in [7, 11) is 0. The number of carbonyl (C=O) groups is 1. The van der Waals surface area contributed by atoms with Crippen LogP contribution in [0, 0.1) is 18.3 Å². The van der Waals surface area contributed by atoms with Crippen molar-refractivity contribution in [2.45, 2.75) is 37.5 Å². The first-order valence-electron chi connectivity index (χ1n) is 10.8. The number of nitrogens with one attached hydrogen (secondary N) is 1. The van der Waals surface area contributed by atoms with E-state index in [-0.39, 0.29) is 27.7 Å². The molecule has 1 aromatic carbocycles. The molecule has 4 N–H and O–H groups in total. The van der Waals surface area contributed by atoms with Crippen molar-refractivity contribution in [1.82, 2.24) is 20.3 Å². The summed E-state index contributed by atoms with van der Waals surface area (Å²) in [6, 6.07) is 6.53. The van der Waals surface area contributed by atoms with Gasteiger partial charge in [0.15, 0.2) is 0 Å². The molecular formula is C23H19ClF6N6O2. The van der Waals surface area contributed by atoms with Crippen LogP contribution >= 0.6 is 11.6 Å². The highest BCUT2D eigenvalue weighted by Gasteiger charge is 2.39. The van der Waals surface area contributed by atoms with E-state index in [4.69, 9.17) is 27.2 Å². The van der Waals surface area contributed by atoms with Crippen LogP contribution in [0.15, 0.2) is 24.5 Å². The number of pyridine rings is 1. The molecule has 0 bridgehead atoms. The Kier molecular flexibility index (Phi) is 8.04. The van der Waals surface area contributed by atoms with E-state index in [2.05, 4.69) is 26.3 Å². The minimum absolute atomic E-state index is 0.0434. The van der Waals surface area contributed by atoms with Crippen LogP contribution in [0.5, 0.6) is 0 Å². The fourth-order valence-corrected chi connectivity index (χ4v) is 4.40. The van der Waals surface area contributed by atoms with E-state index in [1.54, 1.807) is 0 Å². The summed E-state index contributed by atoms with van der Waals surface area (Å²) in [6.07, 6.45) is -7.29. The number of anilines is 1. The molecule has 0 aliphatic carbocycles. The van der Waals surface area contributed by atoms with Gasteiger partial charge in [0.2, 0.25) is 0 Å². The molecule has 15 heteroatoms. The molecule has 0 spiro atoms. The van der Waals surface area contributed by atoms with Crippen LogP contribution in [0.1, 0.15) is 29.7 Å². The van der Waals surface area contributed by atoms with Crippen molar-refractivity contribution in [2.24, 2.45) is 0 Å². The third-order valence-corrected chi connectivity index (χ3v) is 6.18. The minimum atomic E-state index is -5.08. The number of hydrogen-bond donors (Lipinski definition) is 3. The summed E-state index contributed by atoms with van der Waals surface area (Å²) in [5, 5.41) is 20.9. The SMILES string of the molecule is Cc1cc(N)nc(-c2cc3ncnc(C4(C#N)CCNCC4)c3cc2Cl)c1C(F)(F)F.O=C(O)C(F)(F)F. The van der Waals surface area contributed by atoms with Gasteiger partial charge in [0.05, 0.1) is 33.6 Å². The van der Waals surface area contributed by atoms with Crippen molar-refractivity contribution in [3.8, 4) is 17.3 Å². The Morgan fingerprint density at radius 2 is 1.76 bits per heavy atom. The summed E-state index contributed by atoms with van der Waals surface area (Å²) in [5.41, 5.74) is 4.60. The van der Waals surface area contributed by atoms with Gasteiger partial charge in [-0.1, -0.05) is 11.6 Å². The normalized spacial score (nSPS) is 15.3. The van der Waals surface area contributed by atoms with Crippen LogP contribution in [0.2, 0.25) is 5.02 Å². The number of carboxylic acids is 1. The van der Waals surface area contributed by atoms with E-state index in [1.807, 2.05) is 0 Å². The van der Waals surface area contributed by atoms with Crippen LogP contribution in [0.25, 0.3) is 22.2 Å². The molecule has 3 heterocycles. The maximum Gasteiger partial charge on any atom is 0.490 e. The average Bonchev–Trinajstić information content (AvgIpc) is 2.82. The lowest BCUT2D eigenvalue weighted by Gasteiger charge is -2.31. The van der Waals surface area contributed by atoms with Gasteiger partial charge in [-0.05, 0) is 56.6 Å². The largest absolute Gasteiger partial charge is 0.490 e. The van der Waals surface area contributed by atoms with Gasteiger partial charge in [0.25, 0.3) is 0 Å². The molecule has 0 radical (unpaired) electrons. The number of hydrogen-bond acceptors (Lipinski definition) is 7. The van der Waals surface area contributed by atoms with Crippen LogP contribution in [0.3, 0.4) is 0 Å². The van der Waals surface area contributed by atoms with Crippen molar-refractivity contribution in [2.75, 3.05) is 18.8 Å². The van der Waals surface area contributed by atoms with Gasteiger partial charge in [0.1, 0.15) is 17.6 Å². The van der Waals surface area contributed by atoms with Crippen LogP contribution in [0.4, 0.5) is 32.2 Å². The number of aliphatic carboxylic acids is 1. The van der Waals surface area contributed by atoms with Gasteiger partial charge < -0.3 is 16.2 Å². The maximum absolute atomic E-state index is 13.8. The van der Waals surface area contributed by atoms with Gasteiger partial charge in [0, 0.05) is 10.9 Å². The van der Waals surface area contributed by atoms with Crippen molar-refractivity contribution in [3.05, 3.63) is 46.4 Å². The number of benzene rings is 1. The maximum atomic E-state index is 13.8. The average molecular weight is 561 g/mol. The predicted molar refractivity (Wildman–Crippen MR) is 125 cm³/mol. The second kappa shape index (κ2) is 10.6. The van der Waals surface area contributed by atoms with Gasteiger partial charge in [-0.25, -0.2) is 19.7 Å². The first kappa shape index (κ1) is 28.9. The first-order valence-corrected chi connectivity index (χ1v) is 11.2. The number of nitrogens with zero attached hydrogens (tertiary/aromatic N) is 4. The minimum Gasteiger partial charge on any atom is -0.475 e. The summed E-state index contributed by atoms with van der Waals surface area (Å²) >= 11 is 6.47. The van der Waals surface area contributed by atoms with E-state index in [9.17, 15) is 31.6 Å². The summed E-state index contributed by atoms with van der Waals surface area (Å²) < 4.78 is 73.1.